The second-order valence-electron chi connectivity index (χ2n) is 1.31. The van der Waals surface area contributed by atoms with Crippen LogP contribution in [-0.2, 0) is 9.47 Å². The van der Waals surface area contributed by atoms with Gasteiger partial charge in [-0.2, -0.15) is 0 Å². The molecule has 1 N–H and O–H groups in total. The van der Waals surface area contributed by atoms with E-state index in [1.807, 2.05) is 0 Å². The van der Waals surface area contributed by atoms with Gasteiger partial charge in [-0.3, -0.25) is 10.1 Å². The summed E-state index contributed by atoms with van der Waals surface area (Å²) in [5, 5.41) is 8.38. The van der Waals surface area contributed by atoms with E-state index in [2.05, 4.69) is 0 Å². The first-order valence-corrected chi connectivity index (χ1v) is 2.56. The average Bonchev–Trinajstić information content (AvgIpc) is 1.93. The molecule has 0 aliphatic carbocycles. The maximum Gasteiger partial charge on any atom is 0.0701 e. The molecule has 1 heterocycles. The highest BCUT2D eigenvalue weighted by Gasteiger charge is 1.94. The van der Waals surface area contributed by atoms with Gasteiger partial charge in [-0.05, 0) is 0 Å². The number of ether oxygens (including phenoxy) is 2. The van der Waals surface area contributed by atoms with E-state index in [1.165, 1.54) is 0 Å². The third kappa shape index (κ3) is 7.32. The van der Waals surface area contributed by atoms with Crippen molar-refractivity contribution < 1.29 is 14.8 Å². The fourth-order valence-corrected chi connectivity index (χ4v) is 0.440. The van der Waals surface area contributed by atoms with Crippen LogP contribution in [0.4, 0.5) is 0 Å². The van der Waals surface area contributed by atoms with Crippen LogP contribution in [0.15, 0.2) is 0 Å². The molecule has 1 saturated heterocycles. The van der Waals surface area contributed by atoms with Crippen molar-refractivity contribution in [2.75, 3.05) is 26.4 Å². The molecule has 0 aromatic carbocycles. The Balaban J connectivity index is 0.000000187. The van der Waals surface area contributed by atoms with E-state index in [4.69, 9.17) is 19.6 Å². The van der Waals surface area contributed by atoms with Gasteiger partial charge in [0.1, 0.15) is 0 Å². The van der Waals surface area contributed by atoms with Gasteiger partial charge in [0.2, 0.25) is 0 Å². The van der Waals surface area contributed by atoms with E-state index in [1.54, 1.807) is 0 Å². The highest BCUT2D eigenvalue weighted by atomic mass is 16.6. The second-order valence-corrected chi connectivity index (χ2v) is 1.31. The Morgan fingerprint density at radius 1 is 1.11 bits per heavy atom. The molecule has 0 spiro atoms. The van der Waals surface area contributed by atoms with Crippen LogP contribution in [-0.4, -0.2) is 26.4 Å². The fraction of sp³-hybridized carbons (Fsp3) is 1.00. The molecule has 9 heavy (non-hydrogen) atoms. The zero-order valence-corrected chi connectivity index (χ0v) is 4.96. The Hall–Kier alpha value is -0.680. The molecule has 1 fully saturated rings. The zero-order valence-electron chi connectivity index (χ0n) is 4.96. The molecule has 1 aliphatic rings. The Morgan fingerprint density at radius 2 is 1.33 bits per heavy atom. The van der Waals surface area contributed by atoms with E-state index in [0.29, 0.717) is 0 Å². The predicted octanol–water partition coefficient (Wildman–Crippen LogP) is -1.64. The molecule has 0 aromatic heterocycles. The molecule has 0 bridgehead atoms. The molecular formula is C4H9NO4. The number of hydrogen-bond donors (Lipinski definition) is 1. The topological polar surface area (TPSA) is 72.6 Å². The zero-order chi connectivity index (χ0) is 6.95. The van der Waals surface area contributed by atoms with Gasteiger partial charge in [0.05, 0.1) is 26.4 Å². The molecule has 0 unspecified atom stereocenters. The molecule has 5 nitrogen and oxygen atoms in total. The quantitative estimate of drug-likeness (QED) is 0.319. The van der Waals surface area contributed by atoms with E-state index < -0.39 is 0 Å². The summed E-state index contributed by atoms with van der Waals surface area (Å²) in [6.45, 7) is 3.11. The van der Waals surface area contributed by atoms with Crippen molar-refractivity contribution in [2.24, 2.45) is 0 Å². The van der Waals surface area contributed by atoms with Crippen molar-refractivity contribution in [3.05, 3.63) is 10.1 Å². The molecule has 1 aliphatic heterocycles. The summed E-state index contributed by atoms with van der Waals surface area (Å²) in [6, 6.07) is 0. The lowest BCUT2D eigenvalue weighted by Crippen LogP contribution is -2.53. The maximum absolute atomic E-state index is 8.12. The Labute approximate surface area is 52.5 Å². The van der Waals surface area contributed by atoms with Crippen molar-refractivity contribution in [1.29, 1.82) is 0 Å². The number of hydrogen-bond acceptors (Lipinski definition) is 4. The van der Waals surface area contributed by atoms with Crippen molar-refractivity contribution in [2.45, 2.75) is 0 Å². The maximum atomic E-state index is 8.12. The first kappa shape index (κ1) is 8.32. The summed E-state index contributed by atoms with van der Waals surface area (Å²) < 4.78 is 9.89. The second kappa shape index (κ2) is 7.32. The lowest BCUT2D eigenvalue weighted by molar-refractivity contribution is -0.398. The largest absolute Gasteiger partial charge is 0.377 e. The minimum absolute atomic E-state index is 0.250. The van der Waals surface area contributed by atoms with Gasteiger partial charge >= 0.3 is 0 Å². The van der Waals surface area contributed by atoms with Gasteiger partial charge in [0.25, 0.3) is 0 Å². The highest BCUT2D eigenvalue weighted by molar-refractivity contribution is 4.37. The summed E-state index contributed by atoms with van der Waals surface area (Å²) in [7, 11) is 0. The molecule has 0 saturated carbocycles. The van der Waals surface area contributed by atoms with Gasteiger partial charge in [-0.15, -0.1) is 0 Å². The van der Waals surface area contributed by atoms with Gasteiger partial charge < -0.3 is 9.47 Å². The van der Waals surface area contributed by atoms with E-state index >= 15 is 0 Å². The van der Waals surface area contributed by atoms with Crippen LogP contribution >= 0.6 is 0 Å². The van der Waals surface area contributed by atoms with Crippen LogP contribution in [0.3, 0.4) is 0 Å². The van der Waals surface area contributed by atoms with Crippen LogP contribution < -0.4 is 5.34 Å². The van der Waals surface area contributed by atoms with E-state index in [9.17, 15) is 0 Å². The normalized spacial score (nSPS) is 17.3. The molecule has 1 rings (SSSR count). The monoisotopic (exact) mass is 135 g/mol. The van der Waals surface area contributed by atoms with Gasteiger partial charge in [-0.25, -0.2) is 0 Å². The minimum atomic E-state index is 0.250. The van der Waals surface area contributed by atoms with Crippen molar-refractivity contribution in [3.8, 4) is 0 Å². The van der Waals surface area contributed by atoms with E-state index in [0.717, 1.165) is 26.4 Å². The summed E-state index contributed by atoms with van der Waals surface area (Å²) >= 11 is 0. The van der Waals surface area contributed by atoms with Crippen LogP contribution in [0.1, 0.15) is 0 Å². The van der Waals surface area contributed by atoms with Crippen LogP contribution in [0.5, 0.6) is 0 Å². The summed E-state index contributed by atoms with van der Waals surface area (Å²) in [4.78, 5) is 8.12. The molecule has 54 valence electrons. The first-order chi connectivity index (χ1) is 4.41. The number of nitrogens with one attached hydrogen (secondary N) is 1. The summed E-state index contributed by atoms with van der Waals surface area (Å²) in [6.07, 6.45) is 0. The molecule has 0 aromatic rings. The third-order valence-electron chi connectivity index (χ3n) is 0.744. The standard InChI is InChI=1S/C4H8O2.HNO2/c1-2-6-4-3-5-1;2-1-3/h1-4H2;1H. The van der Waals surface area contributed by atoms with Crippen molar-refractivity contribution in [1.82, 2.24) is 0 Å². The fourth-order valence-electron chi connectivity index (χ4n) is 0.440. The molecule has 5 heteroatoms. The Bertz CT molecular complexity index is 52.1. The van der Waals surface area contributed by atoms with Crippen molar-refractivity contribution >= 4 is 0 Å². The first-order valence-electron chi connectivity index (χ1n) is 2.56. The van der Waals surface area contributed by atoms with Crippen LogP contribution in [0.2, 0.25) is 0 Å². The van der Waals surface area contributed by atoms with Crippen LogP contribution in [0, 0.1) is 10.1 Å². The van der Waals surface area contributed by atoms with Gasteiger partial charge in [0.15, 0.2) is 0 Å². The smallest absolute Gasteiger partial charge is 0.0701 e. The lowest BCUT2D eigenvalue weighted by Gasteiger charge is -2.09. The summed E-state index contributed by atoms with van der Waals surface area (Å²) in [5.41, 5.74) is 0. The highest BCUT2D eigenvalue weighted by Crippen LogP contribution is 1.85. The predicted molar refractivity (Wildman–Crippen MR) is 29.3 cm³/mol. The lowest BCUT2D eigenvalue weighted by atomic mass is 10.6. The van der Waals surface area contributed by atoms with Crippen molar-refractivity contribution in [3.63, 3.8) is 0 Å². The Morgan fingerprint density at radius 3 is 1.44 bits per heavy atom. The average molecular weight is 135 g/mol. The molecule has 0 atom stereocenters. The third-order valence-corrected chi connectivity index (χ3v) is 0.744. The molecule has 0 amide bonds. The van der Waals surface area contributed by atoms with E-state index in [-0.39, 0.29) is 5.34 Å². The Kier molecular flexibility index (Phi) is 6.77. The molecular weight excluding hydrogens is 126 g/mol. The summed E-state index contributed by atoms with van der Waals surface area (Å²) in [5.74, 6) is 0. The molecule has 0 radical (unpaired) electrons. The number of rotatable bonds is 0. The van der Waals surface area contributed by atoms with Crippen LogP contribution in [0.25, 0.3) is 0 Å². The van der Waals surface area contributed by atoms with Gasteiger partial charge in [0, 0.05) is 5.34 Å². The van der Waals surface area contributed by atoms with Gasteiger partial charge in [-0.1, -0.05) is 0 Å². The SMILES string of the molecule is C1COCCO1.O=[NH+][O-]. The minimum Gasteiger partial charge on any atom is -0.377 e.